The number of piperazine rings is 1. The highest BCUT2D eigenvalue weighted by atomic mass is 16.5. The van der Waals surface area contributed by atoms with E-state index in [0.717, 1.165) is 23.8 Å². The molecule has 140 valence electrons. The number of aromatic nitrogens is 4. The number of benzene rings is 1. The zero-order chi connectivity index (χ0) is 18.8. The van der Waals surface area contributed by atoms with Gasteiger partial charge < -0.3 is 19.5 Å². The lowest BCUT2D eigenvalue weighted by atomic mass is 10.1. The molecule has 8 heteroatoms. The van der Waals surface area contributed by atoms with E-state index in [1.165, 1.54) is 0 Å². The fourth-order valence-corrected chi connectivity index (χ4v) is 3.34. The second-order valence-electron chi connectivity index (χ2n) is 6.46. The van der Waals surface area contributed by atoms with Gasteiger partial charge in [-0.25, -0.2) is 9.67 Å². The van der Waals surface area contributed by atoms with Crippen molar-refractivity contribution >= 4 is 5.91 Å². The summed E-state index contributed by atoms with van der Waals surface area (Å²) in [5.41, 5.74) is 1.29. The predicted molar refractivity (Wildman–Crippen MR) is 100.0 cm³/mol. The standard InChI is InChI=1S/C19H22N6O2/c1-23-11-9-21-18(23)17-13-20-8-12-24(17)19(26)16-7-10-25(22-16)14-3-5-15(27-2)6-4-14/h3-7,9-11,17,20H,8,12-13H2,1-2H3. The van der Waals surface area contributed by atoms with Crippen LogP contribution in [0.4, 0.5) is 0 Å². The van der Waals surface area contributed by atoms with Gasteiger partial charge in [0, 0.05) is 45.3 Å². The number of methoxy groups -OCH3 is 1. The summed E-state index contributed by atoms with van der Waals surface area (Å²) < 4.78 is 8.83. The highest BCUT2D eigenvalue weighted by Crippen LogP contribution is 2.23. The van der Waals surface area contributed by atoms with Crippen LogP contribution in [0.2, 0.25) is 0 Å². The quantitative estimate of drug-likeness (QED) is 0.755. The van der Waals surface area contributed by atoms with E-state index in [-0.39, 0.29) is 11.9 Å². The first-order valence-electron chi connectivity index (χ1n) is 8.86. The molecule has 3 heterocycles. The molecular weight excluding hydrogens is 344 g/mol. The summed E-state index contributed by atoms with van der Waals surface area (Å²) in [6.07, 6.45) is 5.45. The average molecular weight is 366 g/mol. The number of amides is 1. The van der Waals surface area contributed by atoms with Gasteiger partial charge in [0.25, 0.3) is 5.91 Å². The number of imidazole rings is 1. The van der Waals surface area contributed by atoms with E-state index >= 15 is 0 Å². The first kappa shape index (κ1) is 17.3. The summed E-state index contributed by atoms with van der Waals surface area (Å²) >= 11 is 0. The van der Waals surface area contributed by atoms with Gasteiger partial charge in [0.15, 0.2) is 5.69 Å². The molecule has 1 unspecified atom stereocenters. The molecule has 8 nitrogen and oxygen atoms in total. The number of ether oxygens (including phenoxy) is 1. The summed E-state index contributed by atoms with van der Waals surface area (Å²) in [5, 5.41) is 7.83. The van der Waals surface area contributed by atoms with Gasteiger partial charge >= 0.3 is 0 Å². The van der Waals surface area contributed by atoms with Crippen molar-refractivity contribution in [2.75, 3.05) is 26.7 Å². The van der Waals surface area contributed by atoms with Crippen molar-refractivity contribution in [3.8, 4) is 11.4 Å². The van der Waals surface area contributed by atoms with Crippen molar-refractivity contribution in [3.05, 3.63) is 60.4 Å². The summed E-state index contributed by atoms with van der Waals surface area (Å²) in [4.78, 5) is 19.4. The average Bonchev–Trinajstić information content (AvgIpc) is 3.37. The van der Waals surface area contributed by atoms with Crippen LogP contribution in [0.1, 0.15) is 22.4 Å². The van der Waals surface area contributed by atoms with E-state index in [4.69, 9.17) is 4.74 Å². The number of carbonyl (C=O) groups excluding carboxylic acids is 1. The zero-order valence-corrected chi connectivity index (χ0v) is 15.4. The molecule has 1 aromatic carbocycles. The largest absolute Gasteiger partial charge is 0.497 e. The molecule has 4 rings (SSSR count). The molecule has 1 saturated heterocycles. The Bertz CT molecular complexity index is 930. The number of hydrogen-bond acceptors (Lipinski definition) is 5. The number of hydrogen-bond donors (Lipinski definition) is 1. The SMILES string of the molecule is COc1ccc(-n2ccc(C(=O)N3CCNCC3c3nccn3C)n2)cc1. The summed E-state index contributed by atoms with van der Waals surface area (Å²) in [7, 11) is 3.57. The molecule has 0 radical (unpaired) electrons. The Morgan fingerprint density at radius 3 is 2.74 bits per heavy atom. The number of nitrogens with one attached hydrogen (secondary N) is 1. The molecule has 1 N–H and O–H groups in total. The van der Waals surface area contributed by atoms with Gasteiger partial charge in [-0.15, -0.1) is 0 Å². The molecule has 3 aromatic rings. The summed E-state index contributed by atoms with van der Waals surface area (Å²) in [6.45, 7) is 2.05. The van der Waals surface area contributed by atoms with Crippen molar-refractivity contribution in [3.63, 3.8) is 0 Å². The molecule has 1 amide bonds. The third kappa shape index (κ3) is 3.31. The molecule has 27 heavy (non-hydrogen) atoms. The van der Waals surface area contributed by atoms with Crippen LogP contribution >= 0.6 is 0 Å². The Balaban J connectivity index is 1.58. The predicted octanol–water partition coefficient (Wildman–Crippen LogP) is 1.40. The molecule has 0 saturated carbocycles. The molecule has 1 atom stereocenters. The Labute approximate surface area is 157 Å². The topological polar surface area (TPSA) is 77.2 Å². The lowest BCUT2D eigenvalue weighted by Gasteiger charge is -2.35. The maximum absolute atomic E-state index is 13.1. The van der Waals surface area contributed by atoms with Crippen molar-refractivity contribution < 1.29 is 9.53 Å². The highest BCUT2D eigenvalue weighted by molar-refractivity contribution is 5.92. The minimum Gasteiger partial charge on any atom is -0.497 e. The Morgan fingerprint density at radius 1 is 1.22 bits per heavy atom. The Morgan fingerprint density at radius 2 is 2.04 bits per heavy atom. The van der Waals surface area contributed by atoms with Crippen LogP contribution in [0.25, 0.3) is 5.69 Å². The lowest BCUT2D eigenvalue weighted by Crippen LogP contribution is -2.49. The first-order chi connectivity index (χ1) is 13.2. The summed E-state index contributed by atoms with van der Waals surface area (Å²) in [6, 6.07) is 9.18. The molecule has 0 bridgehead atoms. The highest BCUT2D eigenvalue weighted by Gasteiger charge is 2.32. The molecule has 1 aliphatic rings. The van der Waals surface area contributed by atoms with E-state index < -0.39 is 0 Å². The van der Waals surface area contributed by atoms with Crippen LogP contribution in [-0.2, 0) is 7.05 Å². The third-order valence-electron chi connectivity index (χ3n) is 4.81. The van der Waals surface area contributed by atoms with Gasteiger partial charge in [-0.1, -0.05) is 0 Å². The van der Waals surface area contributed by atoms with Crippen LogP contribution in [0.3, 0.4) is 0 Å². The molecule has 1 fully saturated rings. The Hall–Kier alpha value is -3.13. The van der Waals surface area contributed by atoms with E-state index in [1.807, 2.05) is 47.0 Å². The molecule has 2 aromatic heterocycles. The van der Waals surface area contributed by atoms with E-state index in [2.05, 4.69) is 15.4 Å². The summed E-state index contributed by atoms with van der Waals surface area (Å²) in [5.74, 6) is 1.56. The second-order valence-corrected chi connectivity index (χ2v) is 6.46. The van der Waals surface area contributed by atoms with Gasteiger partial charge in [0.2, 0.25) is 0 Å². The maximum atomic E-state index is 13.1. The van der Waals surface area contributed by atoms with E-state index in [0.29, 0.717) is 18.8 Å². The van der Waals surface area contributed by atoms with E-state index in [9.17, 15) is 4.79 Å². The fourth-order valence-electron chi connectivity index (χ4n) is 3.34. The van der Waals surface area contributed by atoms with Crippen LogP contribution in [0.5, 0.6) is 5.75 Å². The number of rotatable bonds is 4. The van der Waals surface area contributed by atoms with E-state index in [1.54, 1.807) is 30.3 Å². The van der Waals surface area contributed by atoms with Crippen molar-refractivity contribution in [1.29, 1.82) is 0 Å². The minimum atomic E-state index is -0.114. The van der Waals surface area contributed by atoms with Crippen molar-refractivity contribution in [2.45, 2.75) is 6.04 Å². The first-order valence-corrected chi connectivity index (χ1v) is 8.86. The van der Waals surface area contributed by atoms with Crippen molar-refractivity contribution in [2.24, 2.45) is 7.05 Å². The molecule has 1 aliphatic heterocycles. The van der Waals surface area contributed by atoms with Gasteiger partial charge in [0.05, 0.1) is 12.8 Å². The smallest absolute Gasteiger partial charge is 0.275 e. The van der Waals surface area contributed by atoms with Crippen LogP contribution in [0.15, 0.2) is 48.9 Å². The number of nitrogens with zero attached hydrogens (tertiary/aromatic N) is 5. The monoisotopic (exact) mass is 366 g/mol. The van der Waals surface area contributed by atoms with Gasteiger partial charge in [-0.2, -0.15) is 5.10 Å². The maximum Gasteiger partial charge on any atom is 0.275 e. The lowest BCUT2D eigenvalue weighted by molar-refractivity contribution is 0.0614. The van der Waals surface area contributed by atoms with Gasteiger partial charge in [-0.3, -0.25) is 4.79 Å². The Kier molecular flexibility index (Phi) is 4.64. The van der Waals surface area contributed by atoms with Crippen LogP contribution in [-0.4, -0.2) is 56.9 Å². The van der Waals surface area contributed by atoms with Crippen LogP contribution in [0, 0.1) is 0 Å². The number of aryl methyl sites for hydroxylation is 1. The zero-order valence-electron chi connectivity index (χ0n) is 15.4. The van der Waals surface area contributed by atoms with Gasteiger partial charge in [0.1, 0.15) is 17.6 Å². The molecule has 0 aliphatic carbocycles. The normalized spacial score (nSPS) is 17.1. The third-order valence-corrected chi connectivity index (χ3v) is 4.81. The second kappa shape index (κ2) is 7.24. The fraction of sp³-hybridized carbons (Fsp3) is 0.316. The van der Waals surface area contributed by atoms with Crippen molar-refractivity contribution in [1.82, 2.24) is 29.5 Å². The van der Waals surface area contributed by atoms with Gasteiger partial charge in [-0.05, 0) is 30.3 Å². The number of carbonyl (C=O) groups is 1. The minimum absolute atomic E-state index is 0.0863. The molecular formula is C19H22N6O2. The molecule has 0 spiro atoms. The van der Waals surface area contributed by atoms with Crippen LogP contribution < -0.4 is 10.1 Å².